The lowest BCUT2D eigenvalue weighted by Gasteiger charge is -2.19. The number of nitrogens with one attached hydrogen (secondary N) is 1. The van der Waals surface area contributed by atoms with E-state index in [1.54, 1.807) is 0 Å². The molecule has 0 aliphatic carbocycles. The van der Waals surface area contributed by atoms with Crippen LogP contribution in [0.25, 0.3) is 0 Å². The molecule has 0 saturated heterocycles. The Morgan fingerprint density at radius 1 is 0.952 bits per heavy atom. The quantitative estimate of drug-likeness (QED) is 0.791. The molecule has 0 fully saturated rings. The Morgan fingerprint density at radius 2 is 1.52 bits per heavy atom. The minimum atomic E-state index is 0.174. The third kappa shape index (κ3) is 4.48. The first kappa shape index (κ1) is 15.9. The molecule has 0 spiro atoms. The molecule has 2 rings (SSSR count). The van der Waals surface area contributed by atoms with E-state index in [0.717, 1.165) is 30.3 Å². The second kappa shape index (κ2) is 8.06. The van der Waals surface area contributed by atoms with Crippen molar-refractivity contribution < 1.29 is 4.74 Å². The minimum Gasteiger partial charge on any atom is -0.494 e. The van der Waals surface area contributed by atoms with Crippen molar-refractivity contribution in [2.75, 3.05) is 13.2 Å². The molecule has 2 aromatic rings. The number of hydrogen-bond acceptors (Lipinski definition) is 2. The van der Waals surface area contributed by atoms with Crippen molar-refractivity contribution in [1.29, 1.82) is 0 Å². The molecule has 112 valence electrons. The molecule has 0 amide bonds. The first-order valence-corrected chi connectivity index (χ1v) is 7.84. The van der Waals surface area contributed by atoms with Gasteiger partial charge in [0.2, 0.25) is 0 Å². The van der Waals surface area contributed by atoms with Crippen molar-refractivity contribution >= 4 is 11.6 Å². The monoisotopic (exact) mass is 303 g/mol. The Kier molecular flexibility index (Phi) is 6.09. The minimum absolute atomic E-state index is 0.174. The molecule has 0 radical (unpaired) electrons. The maximum Gasteiger partial charge on any atom is 0.119 e. The molecule has 0 bridgehead atoms. The Morgan fingerprint density at radius 3 is 2.05 bits per heavy atom. The SMILES string of the molecule is CCCOc1ccc(C(NCC)c2ccc(Cl)cc2)cc1. The van der Waals surface area contributed by atoms with E-state index in [1.807, 2.05) is 24.3 Å². The molecule has 3 heteroatoms. The predicted molar refractivity (Wildman–Crippen MR) is 89.2 cm³/mol. The van der Waals surface area contributed by atoms with Crippen LogP contribution in [0.15, 0.2) is 48.5 Å². The summed E-state index contributed by atoms with van der Waals surface area (Å²) < 4.78 is 5.63. The topological polar surface area (TPSA) is 21.3 Å². The summed E-state index contributed by atoms with van der Waals surface area (Å²) in [6.07, 6.45) is 1.02. The lowest BCUT2D eigenvalue weighted by atomic mass is 9.98. The zero-order valence-electron chi connectivity index (χ0n) is 12.6. The van der Waals surface area contributed by atoms with E-state index < -0.39 is 0 Å². The first-order valence-electron chi connectivity index (χ1n) is 7.46. The maximum atomic E-state index is 5.97. The van der Waals surface area contributed by atoms with Crippen molar-refractivity contribution in [2.45, 2.75) is 26.3 Å². The second-order valence-electron chi connectivity index (χ2n) is 4.96. The average Bonchev–Trinajstić information content (AvgIpc) is 2.52. The van der Waals surface area contributed by atoms with E-state index in [0.29, 0.717) is 0 Å². The molecule has 1 N–H and O–H groups in total. The number of hydrogen-bond donors (Lipinski definition) is 1. The lowest BCUT2D eigenvalue weighted by Crippen LogP contribution is -2.21. The zero-order chi connectivity index (χ0) is 15.1. The summed E-state index contributed by atoms with van der Waals surface area (Å²) >= 11 is 5.97. The van der Waals surface area contributed by atoms with Gasteiger partial charge in [-0.3, -0.25) is 0 Å². The molecular formula is C18H22ClNO. The van der Waals surface area contributed by atoms with E-state index in [2.05, 4.69) is 43.4 Å². The van der Waals surface area contributed by atoms with Gasteiger partial charge in [0.05, 0.1) is 12.6 Å². The summed E-state index contributed by atoms with van der Waals surface area (Å²) in [5.74, 6) is 0.923. The highest BCUT2D eigenvalue weighted by Gasteiger charge is 2.12. The van der Waals surface area contributed by atoms with Crippen LogP contribution < -0.4 is 10.1 Å². The second-order valence-corrected chi connectivity index (χ2v) is 5.40. The summed E-state index contributed by atoms with van der Waals surface area (Å²) in [4.78, 5) is 0. The molecule has 21 heavy (non-hydrogen) atoms. The standard InChI is InChI=1S/C18H22ClNO/c1-3-13-21-17-11-7-15(8-12-17)18(20-4-2)14-5-9-16(19)10-6-14/h5-12,18,20H,3-4,13H2,1-2H3. The van der Waals surface area contributed by atoms with Crippen molar-refractivity contribution in [1.82, 2.24) is 5.32 Å². The number of rotatable bonds is 7. The third-order valence-corrected chi connectivity index (χ3v) is 3.55. The van der Waals surface area contributed by atoms with Crippen LogP contribution in [-0.4, -0.2) is 13.2 Å². The number of halogens is 1. The summed E-state index contributed by atoms with van der Waals surface area (Å²) in [6, 6.07) is 16.5. The maximum absolute atomic E-state index is 5.97. The largest absolute Gasteiger partial charge is 0.494 e. The van der Waals surface area contributed by atoms with Crippen molar-refractivity contribution in [2.24, 2.45) is 0 Å². The van der Waals surface area contributed by atoms with Gasteiger partial charge in [0.25, 0.3) is 0 Å². The highest BCUT2D eigenvalue weighted by Crippen LogP contribution is 2.25. The van der Waals surface area contributed by atoms with Crippen LogP contribution in [0.2, 0.25) is 5.02 Å². The molecule has 1 atom stereocenters. The Bertz CT molecular complexity index is 536. The Balaban J connectivity index is 2.19. The lowest BCUT2D eigenvalue weighted by molar-refractivity contribution is 0.317. The van der Waals surface area contributed by atoms with Gasteiger partial charge >= 0.3 is 0 Å². The van der Waals surface area contributed by atoms with Crippen LogP contribution >= 0.6 is 11.6 Å². The Labute approximate surface area is 132 Å². The molecule has 0 aliphatic rings. The highest BCUT2D eigenvalue weighted by molar-refractivity contribution is 6.30. The van der Waals surface area contributed by atoms with Crippen LogP contribution in [0.3, 0.4) is 0 Å². The fraction of sp³-hybridized carbons (Fsp3) is 0.333. The van der Waals surface area contributed by atoms with Gasteiger partial charge in [-0.15, -0.1) is 0 Å². The highest BCUT2D eigenvalue weighted by atomic mass is 35.5. The predicted octanol–water partition coefficient (Wildman–Crippen LogP) is 4.83. The number of benzene rings is 2. The van der Waals surface area contributed by atoms with Gasteiger partial charge in [-0.1, -0.05) is 49.7 Å². The summed E-state index contributed by atoms with van der Waals surface area (Å²) in [5, 5.41) is 4.27. The van der Waals surface area contributed by atoms with Gasteiger partial charge in [0.1, 0.15) is 5.75 Å². The van der Waals surface area contributed by atoms with E-state index in [-0.39, 0.29) is 6.04 Å². The third-order valence-electron chi connectivity index (χ3n) is 3.30. The van der Waals surface area contributed by atoms with Crippen molar-refractivity contribution in [3.05, 3.63) is 64.7 Å². The van der Waals surface area contributed by atoms with Gasteiger partial charge in [0.15, 0.2) is 0 Å². The van der Waals surface area contributed by atoms with E-state index in [1.165, 1.54) is 11.1 Å². The first-order chi connectivity index (χ1) is 10.2. The molecule has 0 aliphatic heterocycles. The average molecular weight is 304 g/mol. The van der Waals surface area contributed by atoms with E-state index >= 15 is 0 Å². The Hall–Kier alpha value is -1.51. The summed E-state index contributed by atoms with van der Waals surface area (Å²) in [7, 11) is 0. The number of ether oxygens (including phenoxy) is 1. The fourth-order valence-corrected chi connectivity index (χ4v) is 2.39. The molecular weight excluding hydrogens is 282 g/mol. The van der Waals surface area contributed by atoms with Crippen LogP contribution in [0.4, 0.5) is 0 Å². The molecule has 0 aromatic heterocycles. The molecule has 0 heterocycles. The normalized spacial score (nSPS) is 12.1. The summed E-state index contributed by atoms with van der Waals surface area (Å²) in [6.45, 7) is 5.88. The van der Waals surface area contributed by atoms with Gasteiger partial charge in [-0.25, -0.2) is 0 Å². The molecule has 1 unspecified atom stereocenters. The van der Waals surface area contributed by atoms with Gasteiger partial charge in [0, 0.05) is 5.02 Å². The van der Waals surface area contributed by atoms with E-state index in [9.17, 15) is 0 Å². The van der Waals surface area contributed by atoms with Crippen LogP contribution in [0.1, 0.15) is 37.4 Å². The van der Waals surface area contributed by atoms with E-state index in [4.69, 9.17) is 16.3 Å². The van der Waals surface area contributed by atoms with Gasteiger partial charge in [-0.2, -0.15) is 0 Å². The molecule has 0 saturated carbocycles. The van der Waals surface area contributed by atoms with Crippen molar-refractivity contribution in [3.8, 4) is 5.75 Å². The molecule has 2 aromatic carbocycles. The fourth-order valence-electron chi connectivity index (χ4n) is 2.26. The van der Waals surface area contributed by atoms with Gasteiger partial charge in [-0.05, 0) is 48.4 Å². The van der Waals surface area contributed by atoms with Crippen LogP contribution in [-0.2, 0) is 0 Å². The zero-order valence-corrected chi connectivity index (χ0v) is 13.4. The molecule has 2 nitrogen and oxygen atoms in total. The van der Waals surface area contributed by atoms with Crippen LogP contribution in [0.5, 0.6) is 5.75 Å². The smallest absolute Gasteiger partial charge is 0.119 e. The summed E-state index contributed by atoms with van der Waals surface area (Å²) in [5.41, 5.74) is 2.44. The van der Waals surface area contributed by atoms with Gasteiger partial charge < -0.3 is 10.1 Å². The van der Waals surface area contributed by atoms with Crippen LogP contribution in [0, 0.1) is 0 Å². The van der Waals surface area contributed by atoms with Crippen molar-refractivity contribution in [3.63, 3.8) is 0 Å².